The maximum Gasteiger partial charge on any atom is 0.124 e. The van der Waals surface area contributed by atoms with Crippen LogP contribution in [-0.2, 0) is 12.4 Å². The molecule has 0 atom stereocenters. The molecular formula is C14H17BrClN3. The largest absolute Gasteiger partial charge is 0.326 e. The SMILES string of the molecule is CN(CCn1c(CCl)nc2ccc(Br)cc21)C1CC1. The molecule has 0 amide bonds. The summed E-state index contributed by atoms with van der Waals surface area (Å²) in [7, 11) is 2.20. The minimum Gasteiger partial charge on any atom is -0.326 e. The van der Waals surface area contributed by atoms with E-state index < -0.39 is 0 Å². The molecule has 2 aromatic rings. The molecule has 1 fully saturated rings. The zero-order chi connectivity index (χ0) is 13.4. The highest BCUT2D eigenvalue weighted by Crippen LogP contribution is 2.26. The first-order valence-corrected chi connectivity index (χ1v) is 7.92. The summed E-state index contributed by atoms with van der Waals surface area (Å²) >= 11 is 9.55. The summed E-state index contributed by atoms with van der Waals surface area (Å²) in [5.41, 5.74) is 2.18. The lowest BCUT2D eigenvalue weighted by molar-refractivity contribution is 0.309. The zero-order valence-electron chi connectivity index (χ0n) is 10.9. The minimum absolute atomic E-state index is 0.458. The lowest BCUT2D eigenvalue weighted by Crippen LogP contribution is -2.25. The molecular weight excluding hydrogens is 326 g/mol. The van der Waals surface area contributed by atoms with E-state index >= 15 is 0 Å². The van der Waals surface area contributed by atoms with Crippen molar-refractivity contribution in [2.75, 3.05) is 13.6 Å². The number of rotatable bonds is 5. The summed E-state index contributed by atoms with van der Waals surface area (Å²) < 4.78 is 3.32. The van der Waals surface area contributed by atoms with Crippen molar-refractivity contribution < 1.29 is 0 Å². The Bertz CT molecular complexity index is 592. The molecule has 3 rings (SSSR count). The van der Waals surface area contributed by atoms with Crippen LogP contribution in [0, 0.1) is 0 Å². The Morgan fingerprint density at radius 2 is 2.26 bits per heavy atom. The van der Waals surface area contributed by atoms with E-state index in [0.717, 1.165) is 40.5 Å². The molecule has 1 aromatic heterocycles. The number of likely N-dealkylation sites (N-methyl/N-ethyl adjacent to an activating group) is 1. The summed E-state index contributed by atoms with van der Waals surface area (Å²) in [5.74, 6) is 1.42. The van der Waals surface area contributed by atoms with Crippen molar-refractivity contribution in [2.45, 2.75) is 31.3 Å². The Labute approximate surface area is 126 Å². The van der Waals surface area contributed by atoms with Crippen LogP contribution in [0.2, 0.25) is 0 Å². The van der Waals surface area contributed by atoms with Crippen LogP contribution in [0.5, 0.6) is 0 Å². The summed E-state index contributed by atoms with van der Waals surface area (Å²) in [6.45, 7) is 1.99. The molecule has 1 aliphatic rings. The van der Waals surface area contributed by atoms with Gasteiger partial charge >= 0.3 is 0 Å². The van der Waals surface area contributed by atoms with Crippen molar-refractivity contribution in [1.82, 2.24) is 14.5 Å². The Hall–Kier alpha value is -0.580. The number of halogens is 2. The Kier molecular flexibility index (Phi) is 3.83. The molecule has 0 N–H and O–H groups in total. The van der Waals surface area contributed by atoms with Gasteiger partial charge in [0.15, 0.2) is 0 Å². The van der Waals surface area contributed by atoms with Crippen molar-refractivity contribution in [3.8, 4) is 0 Å². The van der Waals surface area contributed by atoms with Gasteiger partial charge in [0.05, 0.1) is 16.9 Å². The Morgan fingerprint density at radius 1 is 1.47 bits per heavy atom. The number of hydrogen-bond acceptors (Lipinski definition) is 2. The topological polar surface area (TPSA) is 21.1 Å². The molecule has 0 radical (unpaired) electrons. The van der Waals surface area contributed by atoms with Crippen molar-refractivity contribution in [3.05, 3.63) is 28.5 Å². The molecule has 0 aliphatic heterocycles. The van der Waals surface area contributed by atoms with E-state index in [0.29, 0.717) is 5.88 Å². The number of fused-ring (bicyclic) bond motifs is 1. The number of alkyl halides is 1. The molecule has 102 valence electrons. The molecule has 1 aromatic carbocycles. The highest BCUT2D eigenvalue weighted by atomic mass is 79.9. The van der Waals surface area contributed by atoms with Gasteiger partial charge in [0.1, 0.15) is 5.82 Å². The fourth-order valence-corrected chi connectivity index (χ4v) is 3.01. The number of benzene rings is 1. The van der Waals surface area contributed by atoms with E-state index in [4.69, 9.17) is 11.6 Å². The van der Waals surface area contributed by atoms with E-state index in [1.54, 1.807) is 0 Å². The summed E-state index contributed by atoms with van der Waals surface area (Å²) in [4.78, 5) is 7.03. The molecule has 0 bridgehead atoms. The van der Waals surface area contributed by atoms with Crippen molar-refractivity contribution in [1.29, 1.82) is 0 Å². The van der Waals surface area contributed by atoms with Crippen molar-refractivity contribution in [2.24, 2.45) is 0 Å². The average molecular weight is 343 g/mol. The third-order valence-electron chi connectivity index (χ3n) is 3.76. The number of hydrogen-bond donors (Lipinski definition) is 0. The van der Waals surface area contributed by atoms with Crippen LogP contribution in [-0.4, -0.2) is 34.1 Å². The van der Waals surface area contributed by atoms with E-state index in [2.05, 4.69) is 43.5 Å². The van der Waals surface area contributed by atoms with Gasteiger partial charge in [-0.3, -0.25) is 0 Å². The third kappa shape index (κ3) is 2.81. The van der Waals surface area contributed by atoms with Crippen LogP contribution >= 0.6 is 27.5 Å². The second kappa shape index (κ2) is 5.43. The van der Waals surface area contributed by atoms with Gasteiger partial charge in [-0.1, -0.05) is 15.9 Å². The van der Waals surface area contributed by atoms with Crippen LogP contribution in [0.3, 0.4) is 0 Å². The van der Waals surface area contributed by atoms with Gasteiger partial charge in [0.25, 0.3) is 0 Å². The predicted octanol–water partition coefficient (Wildman–Crippen LogP) is 3.63. The number of imidazole rings is 1. The first-order chi connectivity index (χ1) is 9.19. The van der Waals surface area contributed by atoms with E-state index in [1.807, 2.05) is 12.1 Å². The molecule has 5 heteroatoms. The van der Waals surface area contributed by atoms with Crippen LogP contribution in [0.4, 0.5) is 0 Å². The molecule has 0 saturated heterocycles. The van der Waals surface area contributed by atoms with Crippen LogP contribution in [0.1, 0.15) is 18.7 Å². The maximum absolute atomic E-state index is 6.02. The standard InChI is InChI=1S/C14H17BrClN3/c1-18(11-3-4-11)6-7-19-13-8-10(15)2-5-12(13)17-14(19)9-16/h2,5,8,11H,3-4,6-7,9H2,1H3. The number of nitrogens with zero attached hydrogens (tertiary/aromatic N) is 3. The predicted molar refractivity (Wildman–Crippen MR) is 82.6 cm³/mol. The molecule has 1 saturated carbocycles. The Balaban J connectivity index is 1.88. The van der Waals surface area contributed by atoms with Crippen LogP contribution in [0.15, 0.2) is 22.7 Å². The maximum atomic E-state index is 6.02. The summed E-state index contributed by atoms with van der Waals surface area (Å²) in [6, 6.07) is 6.97. The zero-order valence-corrected chi connectivity index (χ0v) is 13.3. The average Bonchev–Trinajstić information content (AvgIpc) is 3.19. The summed E-state index contributed by atoms with van der Waals surface area (Å²) in [6.07, 6.45) is 2.68. The highest BCUT2D eigenvalue weighted by Gasteiger charge is 2.25. The molecule has 19 heavy (non-hydrogen) atoms. The first kappa shape index (κ1) is 13.4. The van der Waals surface area contributed by atoms with Crippen molar-refractivity contribution in [3.63, 3.8) is 0 Å². The van der Waals surface area contributed by atoms with Gasteiger partial charge in [-0.15, -0.1) is 11.6 Å². The monoisotopic (exact) mass is 341 g/mol. The highest BCUT2D eigenvalue weighted by molar-refractivity contribution is 9.10. The lowest BCUT2D eigenvalue weighted by atomic mass is 10.3. The van der Waals surface area contributed by atoms with Crippen molar-refractivity contribution >= 4 is 38.6 Å². The van der Waals surface area contributed by atoms with Crippen LogP contribution in [0.25, 0.3) is 11.0 Å². The minimum atomic E-state index is 0.458. The smallest absolute Gasteiger partial charge is 0.124 e. The normalized spacial score (nSPS) is 15.6. The van der Waals surface area contributed by atoms with E-state index in [9.17, 15) is 0 Å². The second-order valence-corrected chi connectivity index (χ2v) is 6.34. The molecule has 3 nitrogen and oxygen atoms in total. The molecule has 0 spiro atoms. The second-order valence-electron chi connectivity index (χ2n) is 5.16. The fourth-order valence-electron chi connectivity index (χ4n) is 2.45. The van der Waals surface area contributed by atoms with E-state index in [-0.39, 0.29) is 0 Å². The quantitative estimate of drug-likeness (QED) is 0.774. The van der Waals surface area contributed by atoms with Gasteiger partial charge < -0.3 is 9.47 Å². The van der Waals surface area contributed by atoms with E-state index in [1.165, 1.54) is 12.8 Å². The van der Waals surface area contributed by atoms with Gasteiger partial charge in [0.2, 0.25) is 0 Å². The van der Waals surface area contributed by atoms with Gasteiger partial charge in [-0.05, 0) is 38.1 Å². The molecule has 1 aliphatic carbocycles. The third-order valence-corrected chi connectivity index (χ3v) is 4.49. The van der Waals surface area contributed by atoms with Gasteiger partial charge in [0, 0.05) is 23.6 Å². The van der Waals surface area contributed by atoms with Crippen LogP contribution < -0.4 is 0 Å². The molecule has 0 unspecified atom stereocenters. The number of aromatic nitrogens is 2. The van der Waals surface area contributed by atoms with Gasteiger partial charge in [-0.2, -0.15) is 0 Å². The van der Waals surface area contributed by atoms with Gasteiger partial charge in [-0.25, -0.2) is 4.98 Å². The summed E-state index contributed by atoms with van der Waals surface area (Å²) in [5, 5.41) is 0. The lowest BCUT2D eigenvalue weighted by Gasteiger charge is -2.17. The fraction of sp³-hybridized carbons (Fsp3) is 0.500. The Morgan fingerprint density at radius 3 is 2.95 bits per heavy atom. The first-order valence-electron chi connectivity index (χ1n) is 6.60. The molecule has 1 heterocycles.